The molecule has 6 nitrogen and oxygen atoms in total. The van der Waals surface area contributed by atoms with Gasteiger partial charge in [0.1, 0.15) is 5.02 Å². The van der Waals surface area contributed by atoms with Crippen LogP contribution >= 0.6 is 11.6 Å². The summed E-state index contributed by atoms with van der Waals surface area (Å²) >= 11 is 6.06. The molecule has 1 heterocycles. The van der Waals surface area contributed by atoms with Crippen LogP contribution in [-0.2, 0) is 6.54 Å². The van der Waals surface area contributed by atoms with E-state index in [2.05, 4.69) is 10.4 Å². The third-order valence-corrected chi connectivity index (χ3v) is 3.57. The zero-order valence-corrected chi connectivity index (χ0v) is 12.8. The first-order chi connectivity index (χ1) is 9.39. The summed E-state index contributed by atoms with van der Waals surface area (Å²) in [5, 5.41) is 25.8. The summed E-state index contributed by atoms with van der Waals surface area (Å²) in [5.41, 5.74) is -0.977. The SMILES string of the molecule is CCC(CO)(CO)Nc1cnn(CC(C)C)c(=O)c1Cl. The molecular weight excluding hydrogens is 282 g/mol. The molecule has 7 heteroatoms. The Labute approximate surface area is 123 Å². The second-order valence-corrected chi connectivity index (χ2v) is 5.71. The zero-order chi connectivity index (χ0) is 15.3. The van der Waals surface area contributed by atoms with Crippen LogP contribution < -0.4 is 10.9 Å². The van der Waals surface area contributed by atoms with E-state index in [1.54, 1.807) is 0 Å². The Balaban J connectivity index is 3.10. The fraction of sp³-hybridized carbons (Fsp3) is 0.692. The number of halogens is 1. The highest BCUT2D eigenvalue weighted by atomic mass is 35.5. The lowest BCUT2D eigenvalue weighted by atomic mass is 9.98. The second-order valence-electron chi connectivity index (χ2n) is 5.33. The van der Waals surface area contributed by atoms with E-state index in [4.69, 9.17) is 11.6 Å². The van der Waals surface area contributed by atoms with Gasteiger partial charge in [-0.3, -0.25) is 4.79 Å². The normalized spacial score (nSPS) is 11.9. The van der Waals surface area contributed by atoms with Crippen LogP contribution in [0.25, 0.3) is 0 Å². The van der Waals surface area contributed by atoms with Crippen LogP contribution in [-0.4, -0.2) is 38.7 Å². The van der Waals surface area contributed by atoms with Crippen LogP contribution in [0.1, 0.15) is 27.2 Å². The summed E-state index contributed by atoms with van der Waals surface area (Å²) < 4.78 is 1.31. The Morgan fingerprint density at radius 3 is 2.50 bits per heavy atom. The summed E-state index contributed by atoms with van der Waals surface area (Å²) in [6.45, 7) is 5.72. The lowest BCUT2D eigenvalue weighted by Gasteiger charge is -2.31. The van der Waals surface area contributed by atoms with Crippen molar-refractivity contribution in [1.82, 2.24) is 9.78 Å². The number of anilines is 1. The third kappa shape index (κ3) is 3.71. The van der Waals surface area contributed by atoms with Gasteiger partial charge in [-0.2, -0.15) is 5.10 Å². The molecule has 0 aliphatic heterocycles. The maximum atomic E-state index is 12.1. The largest absolute Gasteiger partial charge is 0.394 e. The molecule has 0 spiro atoms. The molecule has 20 heavy (non-hydrogen) atoms. The van der Waals surface area contributed by atoms with Gasteiger partial charge in [0.15, 0.2) is 0 Å². The maximum absolute atomic E-state index is 12.1. The average molecular weight is 304 g/mol. The molecule has 0 unspecified atom stereocenters. The molecular formula is C13H22ClN3O3. The van der Waals surface area contributed by atoms with Gasteiger partial charge in [0.2, 0.25) is 0 Å². The fourth-order valence-corrected chi connectivity index (χ4v) is 1.95. The first kappa shape index (κ1) is 16.9. The number of aromatic nitrogens is 2. The summed E-state index contributed by atoms with van der Waals surface area (Å²) in [6, 6.07) is 0. The molecule has 0 radical (unpaired) electrons. The van der Waals surface area contributed by atoms with E-state index in [1.807, 2.05) is 20.8 Å². The first-order valence-corrected chi connectivity index (χ1v) is 7.02. The van der Waals surface area contributed by atoms with Gasteiger partial charge in [-0.25, -0.2) is 4.68 Å². The summed E-state index contributed by atoms with van der Waals surface area (Å²) in [6.07, 6.45) is 1.92. The molecule has 0 bridgehead atoms. The topological polar surface area (TPSA) is 87.4 Å². The third-order valence-electron chi connectivity index (χ3n) is 3.20. The van der Waals surface area contributed by atoms with E-state index >= 15 is 0 Å². The van der Waals surface area contributed by atoms with E-state index in [0.717, 1.165) is 0 Å². The molecule has 114 valence electrons. The van der Waals surface area contributed by atoms with Gasteiger partial charge in [-0.15, -0.1) is 0 Å². The molecule has 1 aromatic rings. The molecule has 1 aromatic heterocycles. The second kappa shape index (κ2) is 7.06. The minimum atomic E-state index is -0.915. The molecule has 0 aromatic carbocycles. The van der Waals surface area contributed by atoms with Crippen molar-refractivity contribution in [3.05, 3.63) is 21.6 Å². The first-order valence-electron chi connectivity index (χ1n) is 6.64. The number of nitrogens with zero attached hydrogens (tertiary/aromatic N) is 2. The van der Waals surface area contributed by atoms with Gasteiger partial charge in [0.25, 0.3) is 5.56 Å². The molecule has 0 fully saturated rings. The van der Waals surface area contributed by atoms with E-state index < -0.39 is 5.54 Å². The van der Waals surface area contributed by atoms with E-state index in [9.17, 15) is 15.0 Å². The van der Waals surface area contributed by atoms with Crippen molar-refractivity contribution in [3.8, 4) is 0 Å². The Morgan fingerprint density at radius 2 is 2.05 bits per heavy atom. The number of aliphatic hydroxyl groups is 2. The van der Waals surface area contributed by atoms with Crippen molar-refractivity contribution >= 4 is 17.3 Å². The summed E-state index contributed by atoms with van der Waals surface area (Å²) in [4.78, 5) is 12.1. The van der Waals surface area contributed by atoms with Gasteiger partial charge in [-0.05, 0) is 12.3 Å². The lowest BCUT2D eigenvalue weighted by molar-refractivity contribution is 0.132. The molecule has 3 N–H and O–H groups in total. The lowest BCUT2D eigenvalue weighted by Crippen LogP contribution is -2.45. The van der Waals surface area contributed by atoms with Gasteiger partial charge < -0.3 is 15.5 Å². The summed E-state index contributed by atoms with van der Waals surface area (Å²) in [5.74, 6) is 0.277. The Morgan fingerprint density at radius 1 is 1.45 bits per heavy atom. The van der Waals surface area contributed by atoms with Gasteiger partial charge >= 0.3 is 0 Å². The maximum Gasteiger partial charge on any atom is 0.287 e. The number of rotatable bonds is 7. The van der Waals surface area contributed by atoms with Crippen molar-refractivity contribution in [2.24, 2.45) is 5.92 Å². The highest BCUT2D eigenvalue weighted by molar-refractivity contribution is 6.32. The molecule has 0 atom stereocenters. The van der Waals surface area contributed by atoms with Gasteiger partial charge in [0, 0.05) is 6.54 Å². The van der Waals surface area contributed by atoms with Crippen LogP contribution in [0.2, 0.25) is 5.02 Å². The summed E-state index contributed by atoms with van der Waals surface area (Å²) in [7, 11) is 0. The number of nitrogens with one attached hydrogen (secondary N) is 1. The smallest absolute Gasteiger partial charge is 0.287 e. The quantitative estimate of drug-likeness (QED) is 0.702. The van der Waals surface area contributed by atoms with Crippen LogP contribution in [0.5, 0.6) is 0 Å². The average Bonchev–Trinajstić information content (AvgIpc) is 2.43. The molecule has 1 rings (SSSR count). The number of hydrogen-bond acceptors (Lipinski definition) is 5. The minimum Gasteiger partial charge on any atom is -0.394 e. The fourth-order valence-electron chi connectivity index (χ4n) is 1.75. The van der Waals surface area contributed by atoms with Gasteiger partial charge in [0.05, 0.1) is 30.6 Å². The van der Waals surface area contributed by atoms with E-state index in [-0.39, 0.29) is 29.7 Å². The van der Waals surface area contributed by atoms with Crippen LogP contribution in [0.15, 0.2) is 11.0 Å². The predicted octanol–water partition coefficient (Wildman–Crippen LogP) is 1.10. The molecule has 0 saturated carbocycles. The van der Waals surface area contributed by atoms with Crippen molar-refractivity contribution < 1.29 is 10.2 Å². The molecule has 0 saturated heterocycles. The standard InChI is InChI=1S/C13H22ClN3O3/c1-4-13(7-18,8-19)16-10-5-15-17(6-9(2)3)12(20)11(10)14/h5,9,16,18-19H,4,6-8H2,1-3H3. The molecule has 0 aliphatic rings. The van der Waals surface area contributed by atoms with Gasteiger partial charge in [-0.1, -0.05) is 32.4 Å². The van der Waals surface area contributed by atoms with Crippen LogP contribution in [0.4, 0.5) is 5.69 Å². The molecule has 0 aliphatic carbocycles. The Hall–Kier alpha value is -1.11. The number of hydrogen-bond donors (Lipinski definition) is 3. The minimum absolute atomic E-state index is 0.0142. The van der Waals surface area contributed by atoms with Crippen molar-refractivity contribution in [3.63, 3.8) is 0 Å². The highest BCUT2D eigenvalue weighted by Crippen LogP contribution is 2.22. The predicted molar refractivity (Wildman–Crippen MR) is 79.2 cm³/mol. The van der Waals surface area contributed by atoms with Crippen LogP contribution in [0.3, 0.4) is 0 Å². The van der Waals surface area contributed by atoms with Crippen molar-refractivity contribution in [1.29, 1.82) is 0 Å². The van der Waals surface area contributed by atoms with E-state index in [1.165, 1.54) is 10.9 Å². The Bertz CT molecular complexity index is 490. The zero-order valence-electron chi connectivity index (χ0n) is 12.1. The van der Waals surface area contributed by atoms with Crippen LogP contribution in [0, 0.1) is 5.92 Å². The highest BCUT2D eigenvalue weighted by Gasteiger charge is 2.27. The van der Waals surface area contributed by atoms with E-state index in [0.29, 0.717) is 18.7 Å². The monoisotopic (exact) mass is 303 g/mol. The molecule has 0 amide bonds. The number of aliphatic hydroxyl groups excluding tert-OH is 2. The van der Waals surface area contributed by atoms with Crippen molar-refractivity contribution in [2.45, 2.75) is 39.3 Å². The Kier molecular flexibility index (Phi) is 5.98. The van der Waals surface area contributed by atoms with Crippen molar-refractivity contribution in [2.75, 3.05) is 18.5 Å².